The van der Waals surface area contributed by atoms with Crippen LogP contribution >= 0.6 is 0 Å². The second-order valence-corrected chi connectivity index (χ2v) is 4.63. The fourth-order valence-electron chi connectivity index (χ4n) is 1.97. The van der Waals surface area contributed by atoms with E-state index < -0.39 is 0 Å². The Kier molecular flexibility index (Phi) is 4.50. The van der Waals surface area contributed by atoms with E-state index >= 15 is 0 Å². The zero-order chi connectivity index (χ0) is 14.5. The number of nitrogens with one attached hydrogen (secondary N) is 1. The van der Waals surface area contributed by atoms with E-state index in [2.05, 4.69) is 27.4 Å². The van der Waals surface area contributed by atoms with Crippen molar-refractivity contribution in [3.63, 3.8) is 0 Å². The van der Waals surface area contributed by atoms with Crippen molar-refractivity contribution in [1.29, 1.82) is 0 Å². The lowest BCUT2D eigenvalue weighted by Gasteiger charge is -2.13. The van der Waals surface area contributed by atoms with E-state index in [9.17, 15) is 0 Å². The van der Waals surface area contributed by atoms with Gasteiger partial charge in [0.25, 0.3) is 0 Å². The number of pyridine rings is 1. The monoisotopic (exact) mass is 272 g/mol. The van der Waals surface area contributed by atoms with Crippen LogP contribution in [0.2, 0.25) is 0 Å². The minimum atomic E-state index is 0.707. The molecule has 0 aromatic carbocycles. The van der Waals surface area contributed by atoms with Gasteiger partial charge in [0.05, 0.1) is 7.11 Å². The van der Waals surface area contributed by atoms with Gasteiger partial charge in [-0.3, -0.25) is 4.98 Å². The summed E-state index contributed by atoms with van der Waals surface area (Å²) >= 11 is 0. The Bertz CT molecular complexity index is 598. The smallest absolute Gasteiger partial charge is 0.151 e. The molecule has 0 amide bonds. The van der Waals surface area contributed by atoms with Gasteiger partial charge in [0, 0.05) is 12.7 Å². The molecule has 0 spiro atoms. The molecule has 0 saturated heterocycles. The molecule has 0 fully saturated rings. The van der Waals surface area contributed by atoms with Crippen LogP contribution < -0.4 is 10.1 Å². The maximum Gasteiger partial charge on any atom is 0.151 e. The Morgan fingerprint density at radius 1 is 1.15 bits per heavy atom. The molecule has 0 aliphatic rings. The van der Waals surface area contributed by atoms with Gasteiger partial charge in [0.15, 0.2) is 5.82 Å². The number of rotatable bonds is 5. The molecule has 0 bridgehead atoms. The molecular formula is C15H20N4O. The largest absolute Gasteiger partial charge is 0.494 e. The lowest BCUT2D eigenvalue weighted by molar-refractivity contribution is 0.414. The zero-order valence-corrected chi connectivity index (χ0v) is 12.4. The third kappa shape index (κ3) is 2.71. The second kappa shape index (κ2) is 6.32. The van der Waals surface area contributed by atoms with Crippen molar-refractivity contribution in [2.45, 2.75) is 27.2 Å². The molecule has 2 heterocycles. The van der Waals surface area contributed by atoms with Crippen LogP contribution in [0.3, 0.4) is 0 Å². The van der Waals surface area contributed by atoms with E-state index in [0.717, 1.165) is 41.3 Å². The Balaban J connectivity index is 2.46. The standard InChI is InChI=1S/C15H20N4O/c1-5-8-17-15-11(3)10(2)13(18-19-15)14-12(20-4)7-6-9-16-14/h6-7,9H,5,8H2,1-4H3,(H,17,19). The number of aromatic nitrogens is 3. The second-order valence-electron chi connectivity index (χ2n) is 4.63. The van der Waals surface area contributed by atoms with Crippen LogP contribution in [-0.4, -0.2) is 28.8 Å². The topological polar surface area (TPSA) is 59.9 Å². The van der Waals surface area contributed by atoms with Gasteiger partial charge in [-0.05, 0) is 43.5 Å². The molecule has 1 N–H and O–H groups in total. The van der Waals surface area contributed by atoms with Crippen molar-refractivity contribution in [1.82, 2.24) is 15.2 Å². The van der Waals surface area contributed by atoms with Crippen LogP contribution in [0.15, 0.2) is 18.3 Å². The average molecular weight is 272 g/mol. The van der Waals surface area contributed by atoms with E-state index in [-0.39, 0.29) is 0 Å². The Morgan fingerprint density at radius 2 is 1.95 bits per heavy atom. The third-order valence-electron chi connectivity index (χ3n) is 3.28. The normalized spacial score (nSPS) is 10.4. The molecule has 5 heteroatoms. The predicted octanol–water partition coefficient (Wildman–Crippen LogP) is 2.99. The molecule has 106 valence electrons. The fraction of sp³-hybridized carbons (Fsp3) is 0.400. The molecule has 0 unspecified atom stereocenters. The minimum Gasteiger partial charge on any atom is -0.494 e. The van der Waals surface area contributed by atoms with Crippen LogP contribution in [0.1, 0.15) is 24.5 Å². The number of anilines is 1. The van der Waals surface area contributed by atoms with E-state index in [1.165, 1.54) is 0 Å². The van der Waals surface area contributed by atoms with E-state index in [0.29, 0.717) is 5.75 Å². The summed E-state index contributed by atoms with van der Waals surface area (Å²) in [7, 11) is 1.63. The van der Waals surface area contributed by atoms with Crippen LogP contribution in [0, 0.1) is 13.8 Å². The fourth-order valence-corrected chi connectivity index (χ4v) is 1.97. The molecule has 5 nitrogen and oxygen atoms in total. The number of nitrogens with zero attached hydrogens (tertiary/aromatic N) is 3. The van der Waals surface area contributed by atoms with Gasteiger partial charge >= 0.3 is 0 Å². The van der Waals surface area contributed by atoms with Crippen LogP contribution in [0.25, 0.3) is 11.4 Å². The molecule has 0 atom stereocenters. The minimum absolute atomic E-state index is 0.707. The number of methoxy groups -OCH3 is 1. The van der Waals surface area contributed by atoms with E-state index in [1.54, 1.807) is 13.3 Å². The lowest BCUT2D eigenvalue weighted by Crippen LogP contribution is -2.08. The Labute approximate surface area is 119 Å². The summed E-state index contributed by atoms with van der Waals surface area (Å²) < 4.78 is 5.34. The first kappa shape index (κ1) is 14.2. The molecular weight excluding hydrogens is 252 g/mol. The summed E-state index contributed by atoms with van der Waals surface area (Å²) in [6, 6.07) is 3.72. The number of hydrogen-bond acceptors (Lipinski definition) is 5. The van der Waals surface area contributed by atoms with Crippen molar-refractivity contribution in [3.05, 3.63) is 29.5 Å². The summed E-state index contributed by atoms with van der Waals surface area (Å²) in [6.07, 6.45) is 2.79. The van der Waals surface area contributed by atoms with Crippen molar-refractivity contribution < 1.29 is 4.74 Å². The van der Waals surface area contributed by atoms with Gasteiger partial charge in [0.1, 0.15) is 17.1 Å². The molecule has 0 aliphatic carbocycles. The van der Waals surface area contributed by atoms with E-state index in [1.807, 2.05) is 26.0 Å². The van der Waals surface area contributed by atoms with Crippen molar-refractivity contribution in [3.8, 4) is 17.1 Å². The highest BCUT2D eigenvalue weighted by Crippen LogP contribution is 2.30. The lowest BCUT2D eigenvalue weighted by atomic mass is 10.1. The average Bonchev–Trinajstić information content (AvgIpc) is 2.49. The number of hydrogen-bond donors (Lipinski definition) is 1. The van der Waals surface area contributed by atoms with Gasteiger partial charge in [-0.25, -0.2) is 0 Å². The van der Waals surface area contributed by atoms with Gasteiger partial charge in [0.2, 0.25) is 0 Å². The van der Waals surface area contributed by atoms with Gasteiger partial charge in [-0.2, -0.15) is 0 Å². The third-order valence-corrected chi connectivity index (χ3v) is 3.28. The highest BCUT2D eigenvalue weighted by Gasteiger charge is 2.15. The molecule has 0 saturated carbocycles. The van der Waals surface area contributed by atoms with Gasteiger partial charge < -0.3 is 10.1 Å². The quantitative estimate of drug-likeness (QED) is 0.906. The van der Waals surface area contributed by atoms with Crippen LogP contribution in [0.4, 0.5) is 5.82 Å². The highest BCUT2D eigenvalue weighted by atomic mass is 16.5. The Hall–Kier alpha value is -2.17. The van der Waals surface area contributed by atoms with Crippen LogP contribution in [0.5, 0.6) is 5.75 Å². The molecule has 2 rings (SSSR count). The zero-order valence-electron chi connectivity index (χ0n) is 12.4. The van der Waals surface area contributed by atoms with Crippen molar-refractivity contribution in [2.24, 2.45) is 0 Å². The first-order valence-corrected chi connectivity index (χ1v) is 6.76. The van der Waals surface area contributed by atoms with Crippen LogP contribution in [-0.2, 0) is 0 Å². The van der Waals surface area contributed by atoms with Gasteiger partial charge in [-0.15, -0.1) is 10.2 Å². The maximum absolute atomic E-state index is 5.34. The predicted molar refractivity (Wildman–Crippen MR) is 80.1 cm³/mol. The summed E-state index contributed by atoms with van der Waals surface area (Å²) in [5, 5.41) is 11.9. The SMILES string of the molecule is CCCNc1nnc(-c2ncccc2OC)c(C)c1C. The summed E-state index contributed by atoms with van der Waals surface area (Å²) in [5.74, 6) is 1.54. The van der Waals surface area contributed by atoms with Crippen molar-refractivity contribution in [2.75, 3.05) is 19.0 Å². The molecule has 0 radical (unpaired) electrons. The molecule has 2 aromatic rings. The molecule has 2 aromatic heterocycles. The first-order valence-electron chi connectivity index (χ1n) is 6.76. The highest BCUT2D eigenvalue weighted by molar-refractivity contribution is 5.68. The van der Waals surface area contributed by atoms with E-state index in [4.69, 9.17) is 4.74 Å². The maximum atomic E-state index is 5.34. The Morgan fingerprint density at radius 3 is 2.65 bits per heavy atom. The van der Waals surface area contributed by atoms with Gasteiger partial charge in [-0.1, -0.05) is 6.92 Å². The molecule has 0 aliphatic heterocycles. The summed E-state index contributed by atoms with van der Waals surface area (Å²) in [4.78, 5) is 4.37. The van der Waals surface area contributed by atoms with Crippen molar-refractivity contribution >= 4 is 5.82 Å². The molecule has 20 heavy (non-hydrogen) atoms. The number of ether oxygens (including phenoxy) is 1. The first-order chi connectivity index (χ1) is 9.69. The summed E-state index contributed by atoms with van der Waals surface area (Å²) in [5.41, 5.74) is 3.65. The summed E-state index contributed by atoms with van der Waals surface area (Å²) in [6.45, 7) is 7.09.